The van der Waals surface area contributed by atoms with Crippen LogP contribution < -0.4 is 0 Å². The summed E-state index contributed by atoms with van der Waals surface area (Å²) in [5.41, 5.74) is 3.56. The van der Waals surface area contributed by atoms with Crippen molar-refractivity contribution in [3.63, 3.8) is 0 Å². The van der Waals surface area contributed by atoms with Crippen molar-refractivity contribution in [3.05, 3.63) is 70.8 Å². The van der Waals surface area contributed by atoms with Crippen LogP contribution in [0.2, 0.25) is 0 Å². The molecule has 0 unspecified atom stereocenters. The molecule has 2 aliphatic heterocycles. The number of hydrogen-bond donors (Lipinski definition) is 0. The molecule has 0 spiro atoms. The fourth-order valence-electron chi connectivity index (χ4n) is 3.94. The highest BCUT2D eigenvalue weighted by Crippen LogP contribution is 2.29. The van der Waals surface area contributed by atoms with Gasteiger partial charge in [-0.1, -0.05) is 42.5 Å². The molecule has 24 heavy (non-hydrogen) atoms. The van der Waals surface area contributed by atoms with E-state index < -0.39 is 6.67 Å². The van der Waals surface area contributed by atoms with E-state index in [1.807, 2.05) is 17.0 Å². The Labute approximate surface area is 141 Å². The maximum atomic E-state index is 13.3. The number of amides is 1. The molecular weight excluding hydrogens is 303 g/mol. The van der Waals surface area contributed by atoms with Gasteiger partial charge in [-0.15, -0.1) is 0 Å². The Balaban J connectivity index is 1.55. The van der Waals surface area contributed by atoms with Gasteiger partial charge in [0.2, 0.25) is 0 Å². The summed E-state index contributed by atoms with van der Waals surface area (Å²) in [5.74, 6) is 0.0657. The topological polar surface area (TPSA) is 23.6 Å². The second kappa shape index (κ2) is 6.36. The van der Waals surface area contributed by atoms with Crippen LogP contribution >= 0.6 is 0 Å². The Kier molecular flexibility index (Phi) is 4.07. The molecule has 0 bridgehead atoms. The molecule has 1 saturated heterocycles. The largest absolute Gasteiger partial charge is 0.333 e. The first kappa shape index (κ1) is 15.3. The van der Waals surface area contributed by atoms with Crippen LogP contribution in [0.5, 0.6) is 0 Å². The molecule has 0 N–H and O–H groups in total. The molecule has 0 saturated carbocycles. The van der Waals surface area contributed by atoms with Gasteiger partial charge in [0.1, 0.15) is 6.67 Å². The van der Waals surface area contributed by atoms with Crippen molar-refractivity contribution >= 4 is 5.91 Å². The average molecular weight is 324 g/mol. The van der Waals surface area contributed by atoms with E-state index in [-0.39, 0.29) is 11.9 Å². The third-order valence-corrected chi connectivity index (χ3v) is 5.16. The van der Waals surface area contributed by atoms with Gasteiger partial charge >= 0.3 is 0 Å². The van der Waals surface area contributed by atoms with Crippen molar-refractivity contribution in [2.45, 2.75) is 25.7 Å². The summed E-state index contributed by atoms with van der Waals surface area (Å²) in [6, 6.07) is 16.0. The molecule has 2 heterocycles. The maximum absolute atomic E-state index is 13.3. The average Bonchev–Trinajstić information content (AvgIpc) is 2.62. The van der Waals surface area contributed by atoms with Crippen molar-refractivity contribution in [2.75, 3.05) is 19.6 Å². The van der Waals surface area contributed by atoms with E-state index in [4.69, 9.17) is 0 Å². The standard InChI is InChI=1S/C20H21FN2O/c21-12-16-7-4-8-18-19(16)11-17-14-22(9-10-23(17)20(18)24)13-15-5-2-1-3-6-15/h1-8,17H,9-14H2/t17-/m1/s1. The van der Waals surface area contributed by atoms with Crippen LogP contribution in [-0.4, -0.2) is 41.4 Å². The molecule has 3 nitrogen and oxygen atoms in total. The van der Waals surface area contributed by atoms with Crippen LogP contribution in [-0.2, 0) is 19.6 Å². The number of hydrogen-bond acceptors (Lipinski definition) is 2. The predicted octanol–water partition coefficient (Wildman–Crippen LogP) is 3.04. The van der Waals surface area contributed by atoms with Gasteiger partial charge in [-0.05, 0) is 29.2 Å². The number of carbonyl (C=O) groups excluding carboxylic acids is 1. The Morgan fingerprint density at radius 3 is 2.67 bits per heavy atom. The minimum absolute atomic E-state index is 0.0657. The summed E-state index contributed by atoms with van der Waals surface area (Å²) in [6.07, 6.45) is 0.756. The summed E-state index contributed by atoms with van der Waals surface area (Å²) in [5, 5.41) is 0. The number of nitrogens with zero attached hydrogens (tertiary/aromatic N) is 2. The van der Waals surface area contributed by atoms with E-state index in [1.54, 1.807) is 12.1 Å². The van der Waals surface area contributed by atoms with Crippen molar-refractivity contribution in [1.29, 1.82) is 0 Å². The van der Waals surface area contributed by atoms with Gasteiger partial charge in [-0.2, -0.15) is 0 Å². The summed E-state index contributed by atoms with van der Waals surface area (Å²) in [4.78, 5) is 17.1. The molecular formula is C20H21FN2O. The minimum Gasteiger partial charge on any atom is -0.333 e. The third kappa shape index (κ3) is 2.71. The molecule has 2 aromatic rings. The minimum atomic E-state index is -0.503. The first-order chi connectivity index (χ1) is 11.8. The van der Waals surface area contributed by atoms with Crippen LogP contribution in [0.25, 0.3) is 0 Å². The Morgan fingerprint density at radius 2 is 1.88 bits per heavy atom. The van der Waals surface area contributed by atoms with E-state index >= 15 is 0 Å². The van der Waals surface area contributed by atoms with Crippen LogP contribution in [0.15, 0.2) is 48.5 Å². The van der Waals surface area contributed by atoms with E-state index in [0.717, 1.165) is 38.2 Å². The summed E-state index contributed by atoms with van der Waals surface area (Å²) in [7, 11) is 0. The SMILES string of the molecule is O=C1c2cccc(CF)c2C[C@@H]2CN(Cc3ccccc3)CCN12. The normalized spacial score (nSPS) is 20.6. The lowest BCUT2D eigenvalue weighted by atomic mass is 9.88. The number of alkyl halides is 1. The van der Waals surface area contributed by atoms with Crippen LogP contribution in [0.1, 0.15) is 27.0 Å². The number of piperazine rings is 1. The van der Waals surface area contributed by atoms with E-state index in [2.05, 4.69) is 29.2 Å². The summed E-state index contributed by atoms with van der Waals surface area (Å²) < 4.78 is 13.3. The molecule has 0 aromatic heterocycles. The summed E-state index contributed by atoms with van der Waals surface area (Å²) >= 11 is 0. The second-order valence-electron chi connectivity index (χ2n) is 6.65. The van der Waals surface area contributed by atoms with Crippen LogP contribution in [0, 0.1) is 0 Å². The number of carbonyl (C=O) groups is 1. The van der Waals surface area contributed by atoms with Gasteiger partial charge in [0, 0.05) is 37.8 Å². The van der Waals surface area contributed by atoms with Crippen LogP contribution in [0.4, 0.5) is 4.39 Å². The smallest absolute Gasteiger partial charge is 0.254 e. The number of benzene rings is 2. The zero-order valence-electron chi connectivity index (χ0n) is 13.6. The molecule has 1 fully saturated rings. The fraction of sp³-hybridized carbons (Fsp3) is 0.350. The monoisotopic (exact) mass is 324 g/mol. The molecule has 2 aromatic carbocycles. The lowest BCUT2D eigenvalue weighted by molar-refractivity contribution is 0.0400. The molecule has 4 rings (SSSR count). The van der Waals surface area contributed by atoms with Crippen molar-refractivity contribution in [2.24, 2.45) is 0 Å². The lowest BCUT2D eigenvalue weighted by Gasteiger charge is -2.44. The predicted molar refractivity (Wildman–Crippen MR) is 91.5 cm³/mol. The second-order valence-corrected chi connectivity index (χ2v) is 6.65. The van der Waals surface area contributed by atoms with E-state index in [9.17, 15) is 9.18 Å². The van der Waals surface area contributed by atoms with Gasteiger partial charge in [-0.3, -0.25) is 9.69 Å². The quantitative estimate of drug-likeness (QED) is 0.866. The number of fused-ring (bicyclic) bond motifs is 2. The lowest BCUT2D eigenvalue weighted by Crippen LogP contribution is -2.57. The Bertz CT molecular complexity index is 747. The van der Waals surface area contributed by atoms with Crippen LogP contribution in [0.3, 0.4) is 0 Å². The van der Waals surface area contributed by atoms with Gasteiger partial charge < -0.3 is 4.90 Å². The first-order valence-corrected chi connectivity index (χ1v) is 8.50. The molecule has 4 heteroatoms. The van der Waals surface area contributed by atoms with E-state index in [1.165, 1.54) is 5.56 Å². The molecule has 0 aliphatic carbocycles. The Morgan fingerprint density at radius 1 is 1.04 bits per heavy atom. The summed E-state index contributed by atoms with van der Waals surface area (Å²) in [6.45, 7) is 2.87. The van der Waals surface area contributed by atoms with Gasteiger partial charge in [0.25, 0.3) is 5.91 Å². The number of halogens is 1. The fourth-order valence-corrected chi connectivity index (χ4v) is 3.94. The first-order valence-electron chi connectivity index (χ1n) is 8.50. The zero-order valence-corrected chi connectivity index (χ0v) is 13.6. The molecule has 1 atom stereocenters. The van der Waals surface area contributed by atoms with Crippen molar-refractivity contribution in [1.82, 2.24) is 9.80 Å². The molecule has 124 valence electrons. The highest BCUT2D eigenvalue weighted by atomic mass is 19.1. The Hall–Kier alpha value is -2.20. The molecule has 0 radical (unpaired) electrons. The number of rotatable bonds is 3. The van der Waals surface area contributed by atoms with Gasteiger partial charge in [0.15, 0.2) is 0 Å². The maximum Gasteiger partial charge on any atom is 0.254 e. The van der Waals surface area contributed by atoms with E-state index in [0.29, 0.717) is 11.1 Å². The third-order valence-electron chi connectivity index (χ3n) is 5.16. The molecule has 2 aliphatic rings. The highest BCUT2D eigenvalue weighted by molar-refractivity contribution is 5.97. The van der Waals surface area contributed by atoms with Gasteiger partial charge in [-0.25, -0.2) is 4.39 Å². The van der Waals surface area contributed by atoms with Crippen molar-refractivity contribution in [3.8, 4) is 0 Å². The van der Waals surface area contributed by atoms with Gasteiger partial charge in [0.05, 0.1) is 0 Å². The highest BCUT2D eigenvalue weighted by Gasteiger charge is 2.36. The zero-order chi connectivity index (χ0) is 16.5. The molecule has 1 amide bonds. The van der Waals surface area contributed by atoms with Crippen molar-refractivity contribution < 1.29 is 9.18 Å².